The number of hydrogen-bond donors (Lipinski definition) is 2. The minimum absolute atomic E-state index is 0.0284. The van der Waals surface area contributed by atoms with E-state index < -0.39 is 5.91 Å². The summed E-state index contributed by atoms with van der Waals surface area (Å²) < 4.78 is 11.3. The van der Waals surface area contributed by atoms with Gasteiger partial charge in [-0.3, -0.25) is 9.59 Å². The Bertz CT molecular complexity index is 829. The van der Waals surface area contributed by atoms with Gasteiger partial charge in [0.25, 0.3) is 5.91 Å². The van der Waals surface area contributed by atoms with Crippen molar-refractivity contribution >= 4 is 17.4 Å². The van der Waals surface area contributed by atoms with Crippen molar-refractivity contribution in [1.82, 2.24) is 0 Å². The summed E-state index contributed by atoms with van der Waals surface area (Å²) in [5, 5.41) is 8.77. The van der Waals surface area contributed by atoms with Crippen molar-refractivity contribution in [2.24, 2.45) is 5.73 Å². The molecular weight excluding hydrogens is 348 g/mol. The maximum atomic E-state index is 11.6. The summed E-state index contributed by atoms with van der Waals surface area (Å²) in [6, 6.07) is 12.0. The Morgan fingerprint density at radius 1 is 1.19 bits per heavy atom. The Morgan fingerprint density at radius 3 is 2.48 bits per heavy atom. The predicted molar refractivity (Wildman–Crippen MR) is 101 cm³/mol. The minimum atomic E-state index is -0.619. The molecule has 3 N–H and O–H groups in total. The third-order valence-corrected chi connectivity index (χ3v) is 4.38. The van der Waals surface area contributed by atoms with Crippen LogP contribution in [0.15, 0.2) is 42.5 Å². The van der Waals surface area contributed by atoms with Gasteiger partial charge < -0.3 is 25.2 Å². The van der Waals surface area contributed by atoms with E-state index in [4.69, 9.17) is 20.3 Å². The van der Waals surface area contributed by atoms with E-state index >= 15 is 0 Å². The number of carbonyl (C=O) groups is 2. The van der Waals surface area contributed by atoms with Crippen LogP contribution in [0.5, 0.6) is 11.5 Å². The molecule has 0 spiro atoms. The molecule has 0 atom stereocenters. The van der Waals surface area contributed by atoms with E-state index in [1.807, 2.05) is 12.1 Å². The summed E-state index contributed by atoms with van der Waals surface area (Å²) in [5.74, 6) is 0.0492. The first kappa shape index (κ1) is 18.9. The first-order chi connectivity index (χ1) is 13.0. The Balaban J connectivity index is 1.69. The number of aliphatic hydroxyl groups excluding tert-OH is 1. The second kappa shape index (κ2) is 8.20. The second-order valence-corrected chi connectivity index (χ2v) is 6.35. The van der Waals surface area contributed by atoms with Crippen LogP contribution < -0.4 is 15.4 Å². The molecule has 3 rings (SSSR count). The van der Waals surface area contributed by atoms with E-state index in [9.17, 15) is 9.59 Å². The van der Waals surface area contributed by atoms with Gasteiger partial charge in [0.2, 0.25) is 0 Å². The lowest BCUT2D eigenvalue weighted by Gasteiger charge is -2.40. The Morgan fingerprint density at radius 2 is 1.89 bits per heavy atom. The maximum Gasteiger partial charge on any atom is 0.252 e. The van der Waals surface area contributed by atoms with Crippen LogP contribution in [0.1, 0.15) is 27.6 Å². The van der Waals surface area contributed by atoms with Gasteiger partial charge in [-0.25, -0.2) is 0 Å². The van der Waals surface area contributed by atoms with Gasteiger partial charge in [0.15, 0.2) is 5.78 Å². The zero-order valence-electron chi connectivity index (χ0n) is 15.1. The molecule has 2 aromatic rings. The highest BCUT2D eigenvalue weighted by Crippen LogP contribution is 2.30. The van der Waals surface area contributed by atoms with Gasteiger partial charge in [0, 0.05) is 24.3 Å². The van der Waals surface area contributed by atoms with Crippen LogP contribution in [0.2, 0.25) is 0 Å². The summed E-state index contributed by atoms with van der Waals surface area (Å²) in [5.41, 5.74) is 7.08. The Kier molecular flexibility index (Phi) is 5.73. The number of benzene rings is 2. The van der Waals surface area contributed by atoms with Crippen LogP contribution in [0.25, 0.3) is 0 Å². The zero-order chi connectivity index (χ0) is 19.4. The van der Waals surface area contributed by atoms with Crippen LogP contribution >= 0.6 is 0 Å². The number of ketones is 1. The fourth-order valence-electron chi connectivity index (χ4n) is 2.86. The number of hydrogen-bond acceptors (Lipinski definition) is 6. The van der Waals surface area contributed by atoms with Crippen molar-refractivity contribution in [1.29, 1.82) is 0 Å². The summed E-state index contributed by atoms with van der Waals surface area (Å²) >= 11 is 0. The number of ether oxygens (including phenoxy) is 2. The summed E-state index contributed by atoms with van der Waals surface area (Å²) in [4.78, 5) is 25.3. The first-order valence-corrected chi connectivity index (χ1v) is 8.68. The Hall–Kier alpha value is -2.90. The molecule has 1 fully saturated rings. The van der Waals surface area contributed by atoms with Crippen molar-refractivity contribution in [3.05, 3.63) is 53.6 Å². The van der Waals surface area contributed by atoms with Crippen molar-refractivity contribution in [3.8, 4) is 11.5 Å². The number of primary amides is 1. The number of nitrogens with zero attached hydrogens (tertiary/aromatic N) is 1. The van der Waals surface area contributed by atoms with E-state index in [0.29, 0.717) is 17.9 Å². The quantitative estimate of drug-likeness (QED) is 0.689. The summed E-state index contributed by atoms with van der Waals surface area (Å²) in [6.45, 7) is 3.37. The molecule has 1 amide bonds. The smallest absolute Gasteiger partial charge is 0.252 e. The topological polar surface area (TPSA) is 102 Å². The molecule has 7 heteroatoms. The molecule has 1 aliphatic heterocycles. The number of Topliss-reactive ketones (excluding diaryl/α,β-unsaturated/α-hetero) is 1. The molecule has 0 aliphatic carbocycles. The molecule has 0 bridgehead atoms. The lowest BCUT2D eigenvalue weighted by atomic mass is 10.1. The molecule has 0 saturated carbocycles. The molecule has 142 valence electrons. The largest absolute Gasteiger partial charge is 0.457 e. The van der Waals surface area contributed by atoms with Gasteiger partial charge >= 0.3 is 0 Å². The van der Waals surface area contributed by atoms with E-state index in [1.54, 1.807) is 18.2 Å². The number of anilines is 1. The highest BCUT2D eigenvalue weighted by molar-refractivity contribution is 5.99. The van der Waals surface area contributed by atoms with E-state index in [1.165, 1.54) is 19.1 Å². The highest BCUT2D eigenvalue weighted by Gasteiger charge is 2.27. The van der Waals surface area contributed by atoms with Crippen LogP contribution in [-0.2, 0) is 4.74 Å². The predicted octanol–water partition coefficient (Wildman–Crippen LogP) is 1.98. The standard InChI is InChI=1S/C20H22N2O5/c1-13(24)14-2-7-18(20(21)25)19(10-14)27-16-5-3-15(4-6-16)22-11-17(12-22)26-9-8-23/h2-7,10,17,23H,8-9,11-12H2,1H3,(H2,21,25). The molecule has 0 aromatic heterocycles. The normalized spacial score (nSPS) is 13.9. The summed E-state index contributed by atoms with van der Waals surface area (Å²) in [7, 11) is 0. The third kappa shape index (κ3) is 4.45. The van der Waals surface area contributed by atoms with Gasteiger partial charge in [-0.1, -0.05) is 6.07 Å². The van der Waals surface area contributed by atoms with E-state index in [-0.39, 0.29) is 29.8 Å². The molecule has 2 aromatic carbocycles. The van der Waals surface area contributed by atoms with Gasteiger partial charge in [-0.15, -0.1) is 0 Å². The second-order valence-electron chi connectivity index (χ2n) is 6.35. The zero-order valence-corrected chi connectivity index (χ0v) is 15.1. The van der Waals surface area contributed by atoms with Crippen LogP contribution in [0.3, 0.4) is 0 Å². The van der Waals surface area contributed by atoms with Crippen LogP contribution in [-0.4, -0.2) is 49.2 Å². The van der Waals surface area contributed by atoms with Gasteiger partial charge in [-0.05, 0) is 43.3 Å². The summed E-state index contributed by atoms with van der Waals surface area (Å²) in [6.07, 6.45) is 0.139. The molecule has 1 saturated heterocycles. The van der Waals surface area contributed by atoms with Crippen molar-refractivity contribution in [3.63, 3.8) is 0 Å². The van der Waals surface area contributed by atoms with Crippen LogP contribution in [0, 0.1) is 0 Å². The first-order valence-electron chi connectivity index (χ1n) is 8.68. The van der Waals surface area contributed by atoms with Crippen LogP contribution in [0.4, 0.5) is 5.69 Å². The van der Waals surface area contributed by atoms with Crippen molar-refractivity contribution in [2.75, 3.05) is 31.2 Å². The van der Waals surface area contributed by atoms with Crippen molar-refractivity contribution in [2.45, 2.75) is 13.0 Å². The molecular formula is C20H22N2O5. The molecule has 1 heterocycles. The SMILES string of the molecule is CC(=O)c1ccc(C(N)=O)c(Oc2ccc(N3CC(OCCO)C3)cc2)c1. The molecule has 7 nitrogen and oxygen atoms in total. The minimum Gasteiger partial charge on any atom is -0.457 e. The number of nitrogens with two attached hydrogens (primary N) is 1. The number of amides is 1. The fourth-order valence-corrected chi connectivity index (χ4v) is 2.86. The van der Waals surface area contributed by atoms with Gasteiger partial charge in [0.1, 0.15) is 11.5 Å². The molecule has 27 heavy (non-hydrogen) atoms. The van der Waals surface area contributed by atoms with Gasteiger partial charge in [-0.2, -0.15) is 0 Å². The van der Waals surface area contributed by atoms with E-state index in [2.05, 4.69) is 4.90 Å². The molecule has 0 unspecified atom stereocenters. The highest BCUT2D eigenvalue weighted by atomic mass is 16.5. The Labute approximate surface area is 157 Å². The maximum absolute atomic E-state index is 11.6. The lowest BCUT2D eigenvalue weighted by Crippen LogP contribution is -2.52. The van der Waals surface area contributed by atoms with Gasteiger partial charge in [0.05, 0.1) is 24.9 Å². The fraction of sp³-hybridized carbons (Fsp3) is 0.300. The molecule has 0 radical (unpaired) electrons. The van der Waals surface area contributed by atoms with E-state index in [0.717, 1.165) is 18.8 Å². The molecule has 1 aliphatic rings. The number of aliphatic hydroxyl groups is 1. The van der Waals surface area contributed by atoms with Crippen molar-refractivity contribution < 1.29 is 24.2 Å². The average Bonchev–Trinajstić information content (AvgIpc) is 2.61. The average molecular weight is 370 g/mol. The monoisotopic (exact) mass is 370 g/mol. The number of carbonyl (C=O) groups excluding carboxylic acids is 2. The number of rotatable bonds is 8. The third-order valence-electron chi connectivity index (χ3n) is 4.38. The lowest BCUT2D eigenvalue weighted by molar-refractivity contribution is 0.0135.